The van der Waals surface area contributed by atoms with Crippen molar-refractivity contribution in [1.29, 1.82) is 0 Å². The summed E-state index contributed by atoms with van der Waals surface area (Å²) in [7, 11) is -1.26. The second-order valence-corrected chi connectivity index (χ2v) is 8.13. The van der Waals surface area contributed by atoms with E-state index in [0.29, 0.717) is 0 Å². The summed E-state index contributed by atoms with van der Waals surface area (Å²) in [5.41, 5.74) is 0. The fourth-order valence-electron chi connectivity index (χ4n) is 0.0758. The predicted molar refractivity (Wildman–Crippen MR) is 49.1 cm³/mol. The number of alkyl halides is 5. The summed E-state index contributed by atoms with van der Waals surface area (Å²) in [6, 6.07) is 0. The topological polar surface area (TPSA) is 0 Å². The predicted octanol–water partition coefficient (Wildman–Crippen LogP) is 2.81. The largest absolute Gasteiger partial charge is 0.220 e. The molecule has 0 aliphatic heterocycles. The zero-order chi connectivity index (χ0) is 7.71. The molecule has 0 atom stereocenters. The number of hydrogen-bond donors (Lipinski definition) is 0. The van der Waals surface area contributed by atoms with Crippen molar-refractivity contribution in [3.63, 3.8) is 0 Å². The van der Waals surface area contributed by atoms with Crippen LogP contribution in [-0.2, 0) is 0 Å². The molecule has 56 valence electrons. The van der Waals surface area contributed by atoms with Crippen LogP contribution in [-0.4, -0.2) is 16.6 Å². The minimum atomic E-state index is -1.68. The van der Waals surface area contributed by atoms with E-state index in [1.54, 1.807) is 0 Å². The molecule has 0 N–H and O–H groups in total. The van der Waals surface area contributed by atoms with Crippen LogP contribution in [0.5, 0.6) is 0 Å². The maximum Gasteiger partial charge on any atom is 0.220 e. The highest BCUT2D eigenvalue weighted by Crippen LogP contribution is 2.45. The van der Waals surface area contributed by atoms with Crippen LogP contribution in [0.3, 0.4) is 0 Å². The van der Waals surface area contributed by atoms with Crippen LogP contribution in [0.25, 0.3) is 0 Å². The summed E-state index contributed by atoms with van der Waals surface area (Å²) in [5, 5.41) is 0. The lowest BCUT2D eigenvalue weighted by molar-refractivity contribution is 1.09. The van der Waals surface area contributed by atoms with Gasteiger partial charge in [-0.05, 0) is 0 Å². The van der Waals surface area contributed by atoms with Gasteiger partial charge in [0.25, 0.3) is 0 Å². The van der Waals surface area contributed by atoms with Gasteiger partial charge in [0.15, 0.2) is 12.8 Å². The van der Waals surface area contributed by atoms with Crippen LogP contribution < -0.4 is 0 Å². The molecule has 0 aromatic rings. The molecule has 0 rings (SSSR count). The molecule has 0 heterocycles. The van der Waals surface area contributed by atoms with Gasteiger partial charge < -0.3 is 0 Å². The van der Waals surface area contributed by atoms with Crippen LogP contribution in [0, 0.1) is 0 Å². The second-order valence-electron chi connectivity index (χ2n) is 1.34. The third kappa shape index (κ3) is 3.24. The lowest BCUT2D eigenvalue weighted by Crippen LogP contribution is -2.34. The van der Waals surface area contributed by atoms with Crippen molar-refractivity contribution in [2.75, 3.05) is 0 Å². The van der Waals surface area contributed by atoms with Crippen molar-refractivity contribution in [3.05, 3.63) is 0 Å². The third-order valence-electron chi connectivity index (χ3n) is 0.583. The van der Waals surface area contributed by atoms with E-state index in [9.17, 15) is 0 Å². The second kappa shape index (κ2) is 3.57. The summed E-state index contributed by atoms with van der Waals surface area (Å²) >= 11 is 32.4. The first-order chi connectivity index (χ1) is 3.81. The van der Waals surface area contributed by atoms with E-state index in [1.807, 2.05) is 0 Å². The van der Waals surface area contributed by atoms with Crippen LogP contribution in [0.4, 0.5) is 0 Å². The Morgan fingerprint density at radius 2 is 1.22 bits per heavy atom. The Kier molecular flexibility index (Phi) is 4.35. The van der Waals surface area contributed by atoms with E-state index in [0.717, 1.165) is 0 Å². The fraction of sp³-hybridized carbons (Fsp3) is 1.00. The van der Waals surface area contributed by atoms with Gasteiger partial charge in [0, 0.05) is 0 Å². The lowest BCUT2D eigenvalue weighted by Gasteiger charge is -2.23. The molecule has 7 heteroatoms. The van der Waals surface area contributed by atoms with Crippen molar-refractivity contribution in [2.24, 2.45) is 0 Å². The maximum atomic E-state index is 5.50. The number of rotatable bonds is 1. The molecular weight excluding hydrogens is 265 g/mol. The zero-order valence-electron chi connectivity index (χ0n) is 3.97. The van der Waals surface area contributed by atoms with Gasteiger partial charge in [-0.2, -0.15) is 11.1 Å². The van der Waals surface area contributed by atoms with Crippen molar-refractivity contribution in [2.45, 2.75) is 7.75 Å². The van der Waals surface area contributed by atoms with Crippen molar-refractivity contribution in [3.8, 4) is 0 Å². The quantitative estimate of drug-likeness (QED) is 0.389. The van der Waals surface area contributed by atoms with E-state index in [2.05, 4.69) is 0 Å². The Bertz CT molecular complexity index is 93.7. The highest BCUT2D eigenvalue weighted by molar-refractivity contribution is 7.06. The lowest BCUT2D eigenvalue weighted by atomic mass is 10.9. The molecule has 0 nitrogen and oxygen atoms in total. The van der Waals surface area contributed by atoms with Gasteiger partial charge in [-0.15, -0.1) is 23.2 Å². The van der Waals surface area contributed by atoms with E-state index in [1.165, 1.54) is 0 Å². The van der Waals surface area contributed by atoms with Gasteiger partial charge in [-0.1, -0.05) is 34.8 Å². The smallest absolute Gasteiger partial charge is 0.172 e. The molecule has 9 heavy (non-hydrogen) atoms. The van der Waals surface area contributed by atoms with E-state index in [4.69, 9.17) is 69.1 Å². The van der Waals surface area contributed by atoms with E-state index >= 15 is 0 Å². The summed E-state index contributed by atoms with van der Waals surface area (Å²) in [4.78, 5) is 0. The van der Waals surface area contributed by atoms with Gasteiger partial charge in [-0.25, -0.2) is 0 Å². The van der Waals surface area contributed by atoms with Gasteiger partial charge in [0.1, 0.15) is 0 Å². The van der Waals surface area contributed by atoms with Crippen LogP contribution in [0.2, 0.25) is 0 Å². The average molecular weight is 267 g/mol. The molecule has 0 bridgehead atoms. The molecule has 0 fully saturated rings. The average Bonchev–Trinajstić information content (AvgIpc) is 1.64. The molecule has 0 amide bonds. The highest BCUT2D eigenvalue weighted by Gasteiger charge is 2.45. The Balaban J connectivity index is 4.14. The molecule has 0 spiro atoms. The first-order valence-electron chi connectivity index (χ1n) is 1.82. The fourth-order valence-corrected chi connectivity index (χ4v) is 2.05. The Morgan fingerprint density at radius 1 is 0.889 bits per heavy atom. The Labute approximate surface area is 85.2 Å². The minimum Gasteiger partial charge on any atom is -0.172 e. The third-order valence-corrected chi connectivity index (χ3v) is 7.06. The van der Waals surface area contributed by atoms with Crippen LogP contribution in [0.15, 0.2) is 0 Å². The molecule has 0 unspecified atom stereocenters. The van der Waals surface area contributed by atoms with Crippen molar-refractivity contribution >= 4 is 77.9 Å². The van der Waals surface area contributed by atoms with Crippen molar-refractivity contribution < 1.29 is 0 Å². The molecule has 0 aromatic carbocycles. The molecule has 0 saturated carbocycles. The summed E-state index contributed by atoms with van der Waals surface area (Å²) in [5.74, 6) is 0. The summed E-state index contributed by atoms with van der Waals surface area (Å²) in [6.07, 6.45) is 0. The first kappa shape index (κ1) is 11.0. The number of halogens is 6. The van der Waals surface area contributed by atoms with Gasteiger partial charge in [0.2, 0.25) is 3.79 Å². The minimum absolute atomic E-state index is 1.26. The monoisotopic (exact) mass is 264 g/mol. The molecule has 0 aliphatic carbocycles. The first-order valence-corrected chi connectivity index (χ1v) is 6.55. The summed E-state index contributed by atoms with van der Waals surface area (Å²) < 4.78 is -3.05. The van der Waals surface area contributed by atoms with Gasteiger partial charge >= 0.3 is 0 Å². The Hall–Kier alpha value is 1.96. The van der Waals surface area contributed by atoms with E-state index < -0.39 is 16.6 Å². The molecular formula is C2H2Cl6Si. The van der Waals surface area contributed by atoms with E-state index in [-0.39, 0.29) is 0 Å². The Morgan fingerprint density at radius 3 is 1.22 bits per heavy atom. The molecule has 0 aromatic heterocycles. The number of hydrogen-bond acceptors (Lipinski definition) is 0. The SMILES string of the molecule is Cl[SiH2]C(Cl)(Cl)C(Cl)(Cl)Cl. The molecule has 0 saturated heterocycles. The van der Waals surface area contributed by atoms with Crippen LogP contribution >= 0.6 is 69.1 Å². The zero-order valence-corrected chi connectivity index (χ0v) is 9.92. The molecule has 0 aliphatic rings. The van der Waals surface area contributed by atoms with Crippen molar-refractivity contribution in [1.82, 2.24) is 0 Å². The van der Waals surface area contributed by atoms with Crippen LogP contribution in [0.1, 0.15) is 0 Å². The molecule has 0 radical (unpaired) electrons. The van der Waals surface area contributed by atoms with Gasteiger partial charge in [-0.3, -0.25) is 0 Å². The summed E-state index contributed by atoms with van der Waals surface area (Å²) in [6.45, 7) is 0. The normalized spacial score (nSPS) is 15.3. The highest BCUT2D eigenvalue weighted by atomic mass is 35.6. The maximum absolute atomic E-state index is 5.50. The van der Waals surface area contributed by atoms with Gasteiger partial charge in [0.05, 0.1) is 0 Å². The standard InChI is InChI=1S/C2H2Cl6Si/c3-1(4,5)2(6,7)9-8/h9H2.